The van der Waals surface area contributed by atoms with Gasteiger partial charge in [-0.3, -0.25) is 21.0 Å². The molecular weight excluding hydrogens is 282 g/mol. The lowest BCUT2D eigenvalue weighted by Gasteiger charge is -2.42. The van der Waals surface area contributed by atoms with Gasteiger partial charge in [-0.1, -0.05) is 18.2 Å². The molecule has 1 aliphatic carbocycles. The number of hydrogen-bond acceptors (Lipinski definition) is 3. The van der Waals surface area contributed by atoms with Gasteiger partial charge in [0.15, 0.2) is 0 Å². The molecule has 22 heavy (non-hydrogen) atoms. The van der Waals surface area contributed by atoms with E-state index in [1.54, 1.807) is 12.1 Å². The van der Waals surface area contributed by atoms with Crippen molar-refractivity contribution in [2.45, 2.75) is 51.6 Å². The van der Waals surface area contributed by atoms with Crippen molar-refractivity contribution < 1.29 is 15.1 Å². The summed E-state index contributed by atoms with van der Waals surface area (Å²) in [5, 5.41) is 26.5. The van der Waals surface area contributed by atoms with E-state index in [0.29, 0.717) is 5.56 Å². The smallest absolute Gasteiger partial charge is 0.408 e. The quantitative estimate of drug-likeness (QED) is 0.383. The lowest BCUT2D eigenvalue weighted by molar-refractivity contribution is 0.0637. The van der Waals surface area contributed by atoms with Gasteiger partial charge in [0, 0.05) is 11.1 Å². The zero-order valence-electron chi connectivity index (χ0n) is 13.2. The average Bonchev–Trinajstić information content (AvgIpc) is 2.44. The summed E-state index contributed by atoms with van der Waals surface area (Å²) < 4.78 is 0. The minimum atomic E-state index is -0.939. The SMILES string of the molecule is CC(C)(C)N(C(=O)O)C1CCCc2c(C(=N)NO)cccc21. The van der Waals surface area contributed by atoms with Gasteiger partial charge in [-0.25, -0.2) is 4.79 Å². The van der Waals surface area contributed by atoms with E-state index in [2.05, 4.69) is 0 Å². The lowest BCUT2D eigenvalue weighted by atomic mass is 9.82. The van der Waals surface area contributed by atoms with E-state index in [1.807, 2.05) is 32.3 Å². The third-order valence-electron chi connectivity index (χ3n) is 4.10. The normalized spacial score (nSPS) is 17.5. The van der Waals surface area contributed by atoms with E-state index in [1.165, 1.54) is 4.90 Å². The number of amides is 1. The molecule has 0 heterocycles. The highest BCUT2D eigenvalue weighted by molar-refractivity contribution is 5.97. The van der Waals surface area contributed by atoms with Crippen molar-refractivity contribution in [3.8, 4) is 0 Å². The number of rotatable bonds is 2. The van der Waals surface area contributed by atoms with Crippen molar-refractivity contribution >= 4 is 11.9 Å². The third-order valence-corrected chi connectivity index (χ3v) is 4.10. The number of amidine groups is 1. The Kier molecular flexibility index (Phi) is 4.42. The topological polar surface area (TPSA) is 96.7 Å². The maximum Gasteiger partial charge on any atom is 0.408 e. The molecular formula is C16H23N3O3. The van der Waals surface area contributed by atoms with E-state index >= 15 is 0 Å². The van der Waals surface area contributed by atoms with Gasteiger partial charge in [-0.15, -0.1) is 0 Å². The van der Waals surface area contributed by atoms with Crippen LogP contribution < -0.4 is 5.48 Å². The first-order valence-electron chi connectivity index (χ1n) is 7.40. The molecule has 0 radical (unpaired) electrons. The summed E-state index contributed by atoms with van der Waals surface area (Å²) in [6, 6.07) is 5.28. The number of hydrogen-bond donors (Lipinski definition) is 4. The van der Waals surface area contributed by atoms with Gasteiger partial charge in [-0.2, -0.15) is 0 Å². The Bertz CT molecular complexity index is 593. The second-order valence-corrected chi connectivity index (χ2v) is 6.59. The molecule has 1 aromatic carbocycles. The second kappa shape index (κ2) is 5.96. The van der Waals surface area contributed by atoms with Crippen molar-refractivity contribution in [1.29, 1.82) is 5.41 Å². The molecule has 1 aliphatic rings. The van der Waals surface area contributed by atoms with E-state index in [0.717, 1.165) is 30.4 Å². The molecule has 1 unspecified atom stereocenters. The van der Waals surface area contributed by atoms with Crippen molar-refractivity contribution in [3.05, 3.63) is 34.9 Å². The number of benzene rings is 1. The number of nitrogens with zero attached hydrogens (tertiary/aromatic N) is 1. The lowest BCUT2D eigenvalue weighted by Crippen LogP contribution is -2.48. The zero-order valence-corrected chi connectivity index (χ0v) is 13.2. The van der Waals surface area contributed by atoms with Crippen molar-refractivity contribution in [2.75, 3.05) is 0 Å². The monoisotopic (exact) mass is 305 g/mol. The molecule has 0 aromatic heterocycles. The van der Waals surface area contributed by atoms with Crippen LogP contribution in [-0.2, 0) is 6.42 Å². The Morgan fingerprint density at radius 3 is 2.64 bits per heavy atom. The maximum absolute atomic E-state index is 11.8. The molecule has 0 fully saturated rings. The third kappa shape index (κ3) is 2.92. The Morgan fingerprint density at radius 2 is 2.09 bits per heavy atom. The molecule has 0 bridgehead atoms. The first-order chi connectivity index (χ1) is 10.3. The molecule has 0 spiro atoms. The standard InChI is InChI=1S/C16H23N3O3/c1-16(2,3)19(15(20)21)13-9-5-6-10-11(13)7-4-8-12(10)14(17)18-22/h4,7-8,13,22H,5-6,9H2,1-3H3,(H2,17,18)(H,20,21). The number of hydroxylamine groups is 1. The number of carboxylic acid groups (broad SMARTS) is 1. The fraction of sp³-hybridized carbons (Fsp3) is 0.500. The van der Waals surface area contributed by atoms with E-state index in [-0.39, 0.29) is 11.9 Å². The highest BCUT2D eigenvalue weighted by Gasteiger charge is 2.37. The van der Waals surface area contributed by atoms with Crippen molar-refractivity contribution in [3.63, 3.8) is 0 Å². The predicted molar refractivity (Wildman–Crippen MR) is 83.5 cm³/mol. The molecule has 1 aromatic rings. The van der Waals surface area contributed by atoms with Crippen LogP contribution in [0, 0.1) is 5.41 Å². The van der Waals surface area contributed by atoms with Crippen LogP contribution in [0.5, 0.6) is 0 Å². The molecule has 4 N–H and O–H groups in total. The highest BCUT2D eigenvalue weighted by Crippen LogP contribution is 2.39. The molecule has 1 atom stereocenters. The van der Waals surface area contributed by atoms with Crippen LogP contribution in [0.2, 0.25) is 0 Å². The first kappa shape index (κ1) is 16.3. The van der Waals surface area contributed by atoms with Crippen LogP contribution >= 0.6 is 0 Å². The van der Waals surface area contributed by atoms with Gasteiger partial charge in [0.1, 0.15) is 5.84 Å². The van der Waals surface area contributed by atoms with Gasteiger partial charge >= 0.3 is 6.09 Å². The molecule has 120 valence electrons. The second-order valence-electron chi connectivity index (χ2n) is 6.59. The molecule has 0 aliphatic heterocycles. The van der Waals surface area contributed by atoms with Crippen molar-refractivity contribution in [2.24, 2.45) is 0 Å². The van der Waals surface area contributed by atoms with E-state index in [9.17, 15) is 9.90 Å². The number of nitrogens with one attached hydrogen (secondary N) is 2. The van der Waals surface area contributed by atoms with Crippen molar-refractivity contribution in [1.82, 2.24) is 10.4 Å². The summed E-state index contributed by atoms with van der Waals surface area (Å²) in [5.41, 5.74) is 3.88. The van der Waals surface area contributed by atoms with Crippen LogP contribution in [0.1, 0.15) is 56.3 Å². The summed E-state index contributed by atoms with van der Waals surface area (Å²) >= 11 is 0. The fourth-order valence-electron chi connectivity index (χ4n) is 3.27. The van der Waals surface area contributed by atoms with Crippen LogP contribution in [0.4, 0.5) is 4.79 Å². The van der Waals surface area contributed by atoms with Gasteiger partial charge < -0.3 is 5.11 Å². The minimum Gasteiger partial charge on any atom is -0.465 e. The van der Waals surface area contributed by atoms with E-state index < -0.39 is 11.6 Å². The van der Waals surface area contributed by atoms with Gasteiger partial charge in [0.2, 0.25) is 0 Å². The van der Waals surface area contributed by atoms with Crippen LogP contribution in [-0.4, -0.2) is 32.7 Å². The summed E-state index contributed by atoms with van der Waals surface area (Å²) in [6.07, 6.45) is 1.46. The van der Waals surface area contributed by atoms with Crippen LogP contribution in [0.3, 0.4) is 0 Å². The van der Waals surface area contributed by atoms with Crippen LogP contribution in [0.25, 0.3) is 0 Å². The summed E-state index contributed by atoms with van der Waals surface area (Å²) in [5.74, 6) is -0.0601. The molecule has 0 saturated carbocycles. The van der Waals surface area contributed by atoms with Gasteiger partial charge in [-0.05, 0) is 51.2 Å². The summed E-state index contributed by atoms with van der Waals surface area (Å²) in [6.45, 7) is 5.66. The molecule has 6 heteroatoms. The Labute approximate surface area is 130 Å². The predicted octanol–water partition coefficient (Wildman–Crippen LogP) is 3.15. The van der Waals surface area contributed by atoms with E-state index in [4.69, 9.17) is 10.6 Å². The highest BCUT2D eigenvalue weighted by atomic mass is 16.5. The van der Waals surface area contributed by atoms with Gasteiger partial charge in [0.05, 0.1) is 6.04 Å². The molecule has 2 rings (SSSR count). The number of fused-ring (bicyclic) bond motifs is 1. The first-order valence-corrected chi connectivity index (χ1v) is 7.40. The zero-order chi connectivity index (χ0) is 16.5. The molecule has 0 saturated heterocycles. The Morgan fingerprint density at radius 1 is 1.41 bits per heavy atom. The Balaban J connectivity index is 2.53. The fourth-order valence-corrected chi connectivity index (χ4v) is 3.27. The molecule has 1 amide bonds. The molecule has 6 nitrogen and oxygen atoms in total. The summed E-state index contributed by atoms with van der Waals surface area (Å²) in [4.78, 5) is 13.3. The summed E-state index contributed by atoms with van der Waals surface area (Å²) in [7, 11) is 0. The Hall–Kier alpha value is -2.08. The van der Waals surface area contributed by atoms with Gasteiger partial charge in [0.25, 0.3) is 0 Å². The average molecular weight is 305 g/mol. The minimum absolute atomic E-state index is 0.0601. The van der Waals surface area contributed by atoms with Crippen LogP contribution in [0.15, 0.2) is 18.2 Å². The number of carbonyl (C=O) groups is 1. The maximum atomic E-state index is 11.8. The largest absolute Gasteiger partial charge is 0.465 e.